The number of urea groups is 1. The van der Waals surface area contributed by atoms with Crippen LogP contribution in [0.4, 0.5) is 4.79 Å². The van der Waals surface area contributed by atoms with Crippen molar-refractivity contribution in [2.24, 2.45) is 17.6 Å². The van der Waals surface area contributed by atoms with Crippen LogP contribution in [-0.4, -0.2) is 49.7 Å². The van der Waals surface area contributed by atoms with Gasteiger partial charge in [-0.2, -0.15) is 0 Å². The molecule has 0 saturated carbocycles. The summed E-state index contributed by atoms with van der Waals surface area (Å²) in [5, 5.41) is 2.62. The number of nitrogens with zero attached hydrogens (tertiary/aromatic N) is 1. The van der Waals surface area contributed by atoms with Crippen molar-refractivity contribution in [1.29, 1.82) is 0 Å². The molecule has 0 aromatic rings. The van der Waals surface area contributed by atoms with E-state index in [0.717, 1.165) is 64.8 Å². The number of hydrogen-bond donors (Lipinski definition) is 2. The van der Waals surface area contributed by atoms with Gasteiger partial charge < -0.3 is 20.7 Å². The highest BCUT2D eigenvalue weighted by molar-refractivity contribution is 5.79. The summed E-state index contributed by atoms with van der Waals surface area (Å²) >= 11 is 0. The fourth-order valence-corrected chi connectivity index (χ4v) is 3.41. The van der Waals surface area contributed by atoms with Gasteiger partial charge >= 0.3 is 6.03 Å². The maximum Gasteiger partial charge on any atom is 0.312 e. The Morgan fingerprint density at radius 3 is 2.41 bits per heavy atom. The first-order chi connectivity index (χ1) is 10.7. The summed E-state index contributed by atoms with van der Waals surface area (Å²) < 4.78 is 5.33. The van der Waals surface area contributed by atoms with Crippen molar-refractivity contribution < 1.29 is 14.3 Å². The number of nitrogens with two attached hydrogens (primary N) is 1. The van der Waals surface area contributed by atoms with Crippen LogP contribution in [0.15, 0.2) is 0 Å². The van der Waals surface area contributed by atoms with Crippen LogP contribution in [0.5, 0.6) is 0 Å². The van der Waals surface area contributed by atoms with Crippen molar-refractivity contribution in [2.75, 3.05) is 32.8 Å². The number of amides is 3. The molecule has 3 N–H and O–H groups in total. The van der Waals surface area contributed by atoms with Crippen molar-refractivity contribution in [2.45, 2.75) is 44.9 Å². The molecule has 0 spiro atoms. The zero-order valence-electron chi connectivity index (χ0n) is 13.4. The molecule has 0 aliphatic carbocycles. The van der Waals surface area contributed by atoms with E-state index in [1.54, 1.807) is 0 Å². The smallest absolute Gasteiger partial charge is 0.312 e. The van der Waals surface area contributed by atoms with Gasteiger partial charge in [0.05, 0.1) is 0 Å². The number of primary amides is 1. The average molecular weight is 311 g/mol. The summed E-state index contributed by atoms with van der Waals surface area (Å²) in [6.45, 7) is 3.93. The van der Waals surface area contributed by atoms with Crippen LogP contribution in [0.25, 0.3) is 0 Å². The number of piperidine rings is 1. The lowest BCUT2D eigenvalue weighted by molar-refractivity contribution is -0.140. The fourth-order valence-electron chi connectivity index (χ4n) is 3.41. The molecule has 22 heavy (non-hydrogen) atoms. The lowest BCUT2D eigenvalue weighted by atomic mass is 9.90. The molecule has 0 aromatic carbocycles. The second-order valence-electron chi connectivity index (χ2n) is 6.44. The highest BCUT2D eigenvalue weighted by Crippen LogP contribution is 2.25. The molecule has 0 radical (unpaired) electrons. The minimum absolute atomic E-state index is 0.185. The predicted molar refractivity (Wildman–Crippen MR) is 84.3 cm³/mol. The van der Waals surface area contributed by atoms with Gasteiger partial charge in [-0.3, -0.25) is 4.79 Å². The molecule has 0 bridgehead atoms. The third kappa shape index (κ3) is 5.48. The molecule has 2 aliphatic heterocycles. The van der Waals surface area contributed by atoms with Crippen molar-refractivity contribution in [1.82, 2.24) is 10.2 Å². The first kappa shape index (κ1) is 17.1. The molecule has 2 heterocycles. The standard InChI is InChI=1S/C16H29N3O3/c17-16(21)18-8-2-1-3-13-4-9-19(10-5-13)15(20)14-6-11-22-12-7-14/h13-14H,1-12H2,(H3,17,18,21). The van der Waals surface area contributed by atoms with E-state index in [1.807, 2.05) is 0 Å². The predicted octanol–water partition coefficient (Wildman–Crippen LogP) is 1.49. The Kier molecular flexibility index (Phi) is 6.96. The van der Waals surface area contributed by atoms with Crippen LogP contribution in [0.3, 0.4) is 0 Å². The summed E-state index contributed by atoms with van der Waals surface area (Å²) in [6.07, 6.45) is 7.25. The lowest BCUT2D eigenvalue weighted by Gasteiger charge is -2.35. The quantitative estimate of drug-likeness (QED) is 0.729. The van der Waals surface area contributed by atoms with Crippen LogP contribution < -0.4 is 11.1 Å². The molecule has 2 aliphatic rings. The first-order valence-corrected chi connectivity index (χ1v) is 8.56. The third-order valence-corrected chi connectivity index (χ3v) is 4.84. The average Bonchev–Trinajstić information content (AvgIpc) is 2.55. The Labute approximate surface area is 132 Å². The maximum absolute atomic E-state index is 12.4. The fraction of sp³-hybridized carbons (Fsp3) is 0.875. The van der Waals surface area contributed by atoms with Gasteiger partial charge in [0.2, 0.25) is 5.91 Å². The Bertz CT molecular complexity index is 362. The number of carbonyl (C=O) groups excluding carboxylic acids is 2. The number of likely N-dealkylation sites (tertiary alicyclic amines) is 1. The largest absolute Gasteiger partial charge is 0.381 e. The van der Waals surface area contributed by atoms with E-state index >= 15 is 0 Å². The van der Waals surface area contributed by atoms with E-state index in [-0.39, 0.29) is 5.92 Å². The van der Waals surface area contributed by atoms with Crippen molar-refractivity contribution in [3.8, 4) is 0 Å². The molecule has 2 fully saturated rings. The molecule has 2 rings (SSSR count). The van der Waals surface area contributed by atoms with Gasteiger partial charge in [-0.1, -0.05) is 12.8 Å². The van der Waals surface area contributed by atoms with Gasteiger partial charge in [0, 0.05) is 38.8 Å². The van der Waals surface area contributed by atoms with Gasteiger partial charge in [0.1, 0.15) is 0 Å². The van der Waals surface area contributed by atoms with E-state index in [0.29, 0.717) is 18.4 Å². The summed E-state index contributed by atoms with van der Waals surface area (Å²) in [5.74, 6) is 1.24. The topological polar surface area (TPSA) is 84.7 Å². The minimum Gasteiger partial charge on any atom is -0.381 e. The molecule has 126 valence electrons. The number of rotatable bonds is 6. The number of hydrogen-bond acceptors (Lipinski definition) is 3. The Morgan fingerprint density at radius 2 is 1.77 bits per heavy atom. The molecule has 6 heteroatoms. The van der Waals surface area contributed by atoms with Crippen molar-refractivity contribution in [3.05, 3.63) is 0 Å². The normalized spacial score (nSPS) is 20.8. The first-order valence-electron chi connectivity index (χ1n) is 8.56. The van der Waals surface area contributed by atoms with Gasteiger partial charge in [-0.05, 0) is 38.0 Å². The third-order valence-electron chi connectivity index (χ3n) is 4.84. The summed E-state index contributed by atoms with van der Waals surface area (Å²) in [7, 11) is 0. The van der Waals surface area contributed by atoms with Crippen LogP contribution in [-0.2, 0) is 9.53 Å². The van der Waals surface area contributed by atoms with E-state index < -0.39 is 6.03 Å². The van der Waals surface area contributed by atoms with Crippen LogP contribution in [0.1, 0.15) is 44.9 Å². The van der Waals surface area contributed by atoms with Gasteiger partial charge in [-0.15, -0.1) is 0 Å². The SMILES string of the molecule is NC(=O)NCCCCC1CCN(C(=O)C2CCOCC2)CC1. The lowest BCUT2D eigenvalue weighted by Crippen LogP contribution is -2.43. The van der Waals surface area contributed by atoms with Crippen molar-refractivity contribution >= 4 is 11.9 Å². The van der Waals surface area contributed by atoms with E-state index in [4.69, 9.17) is 10.5 Å². The second kappa shape index (κ2) is 8.98. The highest BCUT2D eigenvalue weighted by atomic mass is 16.5. The number of ether oxygens (including phenoxy) is 1. The number of carbonyl (C=O) groups is 2. The monoisotopic (exact) mass is 311 g/mol. The Morgan fingerprint density at radius 1 is 1.09 bits per heavy atom. The summed E-state index contributed by atoms with van der Waals surface area (Å²) in [6, 6.07) is -0.445. The highest BCUT2D eigenvalue weighted by Gasteiger charge is 2.29. The molecule has 3 amide bonds. The second-order valence-corrected chi connectivity index (χ2v) is 6.44. The zero-order valence-corrected chi connectivity index (χ0v) is 13.4. The van der Waals surface area contributed by atoms with Gasteiger partial charge in [0.15, 0.2) is 0 Å². The van der Waals surface area contributed by atoms with E-state index in [1.165, 1.54) is 6.42 Å². The van der Waals surface area contributed by atoms with Crippen LogP contribution in [0.2, 0.25) is 0 Å². The minimum atomic E-state index is -0.445. The van der Waals surface area contributed by atoms with Crippen LogP contribution in [0, 0.1) is 11.8 Å². The summed E-state index contributed by atoms with van der Waals surface area (Å²) in [5.41, 5.74) is 5.03. The van der Waals surface area contributed by atoms with E-state index in [2.05, 4.69) is 10.2 Å². The number of nitrogens with one attached hydrogen (secondary N) is 1. The molecule has 2 saturated heterocycles. The Balaban J connectivity index is 1.59. The zero-order chi connectivity index (χ0) is 15.8. The maximum atomic E-state index is 12.4. The van der Waals surface area contributed by atoms with Gasteiger partial charge in [-0.25, -0.2) is 4.79 Å². The molecular weight excluding hydrogens is 282 g/mol. The molecular formula is C16H29N3O3. The van der Waals surface area contributed by atoms with Crippen LogP contribution >= 0.6 is 0 Å². The molecule has 0 atom stereocenters. The van der Waals surface area contributed by atoms with E-state index in [9.17, 15) is 9.59 Å². The number of unbranched alkanes of at least 4 members (excludes halogenated alkanes) is 1. The summed E-state index contributed by atoms with van der Waals surface area (Å²) in [4.78, 5) is 25.1. The molecule has 0 aromatic heterocycles. The van der Waals surface area contributed by atoms with Gasteiger partial charge in [0.25, 0.3) is 0 Å². The van der Waals surface area contributed by atoms with Crippen molar-refractivity contribution in [3.63, 3.8) is 0 Å². The molecule has 0 unspecified atom stereocenters. The Hall–Kier alpha value is -1.30. The molecule has 6 nitrogen and oxygen atoms in total.